The maximum atomic E-state index is 12.4. The maximum Gasteiger partial charge on any atom is 0.244 e. The number of rotatable bonds is 7. The van der Waals surface area contributed by atoms with Gasteiger partial charge in [-0.1, -0.05) is 19.3 Å². The molecule has 0 spiro atoms. The molecule has 1 aliphatic carbocycles. The molecule has 1 heterocycles. The summed E-state index contributed by atoms with van der Waals surface area (Å²) in [6.45, 7) is 1.89. The molecule has 136 valence electrons. The van der Waals surface area contributed by atoms with Crippen LogP contribution >= 0.6 is 0 Å². The van der Waals surface area contributed by atoms with Gasteiger partial charge in [0.2, 0.25) is 15.9 Å². The molecule has 4 N–H and O–H groups in total. The van der Waals surface area contributed by atoms with Crippen molar-refractivity contribution in [2.75, 3.05) is 6.54 Å². The Labute approximate surface area is 143 Å². The first kappa shape index (κ1) is 18.9. The molecule has 1 fully saturated rings. The van der Waals surface area contributed by atoms with Crippen molar-refractivity contribution < 1.29 is 13.2 Å². The monoisotopic (exact) mass is 357 g/mol. The molecule has 9 heteroatoms. The molecule has 1 aromatic rings. The lowest BCUT2D eigenvalue weighted by molar-refractivity contribution is -0.123. The molecule has 24 heavy (non-hydrogen) atoms. The number of nitrogens with zero attached hydrogens (tertiary/aromatic N) is 2. The quantitative estimate of drug-likeness (QED) is 0.640. The van der Waals surface area contributed by atoms with E-state index < -0.39 is 16.1 Å². The zero-order chi connectivity index (χ0) is 17.7. The Kier molecular flexibility index (Phi) is 6.36. The van der Waals surface area contributed by atoms with Gasteiger partial charge in [-0.2, -0.15) is 9.82 Å². The second kappa shape index (κ2) is 8.09. The molecule has 0 saturated heterocycles. The zero-order valence-electron chi connectivity index (χ0n) is 14.2. The van der Waals surface area contributed by atoms with Crippen LogP contribution in [0.1, 0.15) is 39.0 Å². The van der Waals surface area contributed by atoms with Gasteiger partial charge in [-0.25, -0.2) is 8.42 Å². The van der Waals surface area contributed by atoms with Gasteiger partial charge in [0.15, 0.2) is 0 Å². The maximum absolute atomic E-state index is 12.4. The average Bonchev–Trinajstić information content (AvgIpc) is 3.00. The third-order valence-corrected chi connectivity index (χ3v) is 6.01. The summed E-state index contributed by atoms with van der Waals surface area (Å²) in [6, 6.07) is -0.990. The van der Waals surface area contributed by atoms with E-state index in [4.69, 9.17) is 5.73 Å². The van der Waals surface area contributed by atoms with E-state index in [2.05, 4.69) is 15.1 Å². The Morgan fingerprint density at radius 2 is 2.08 bits per heavy atom. The summed E-state index contributed by atoms with van der Waals surface area (Å²) in [5.74, 6) is 0.0123. The van der Waals surface area contributed by atoms with Gasteiger partial charge in [-0.05, 0) is 25.7 Å². The molecule has 0 aromatic carbocycles. The van der Waals surface area contributed by atoms with Crippen molar-refractivity contribution in [3.8, 4) is 0 Å². The predicted molar refractivity (Wildman–Crippen MR) is 90.6 cm³/mol. The fourth-order valence-corrected chi connectivity index (χ4v) is 4.29. The molecule has 2 unspecified atom stereocenters. The lowest BCUT2D eigenvalue weighted by Gasteiger charge is -2.30. The molecule has 2 rings (SSSR count). The first-order chi connectivity index (χ1) is 11.3. The van der Waals surface area contributed by atoms with Gasteiger partial charge >= 0.3 is 0 Å². The van der Waals surface area contributed by atoms with Gasteiger partial charge < -0.3 is 11.1 Å². The van der Waals surface area contributed by atoms with E-state index >= 15 is 0 Å². The summed E-state index contributed by atoms with van der Waals surface area (Å²) in [4.78, 5) is 12.4. The Balaban J connectivity index is 1.95. The van der Waals surface area contributed by atoms with Crippen molar-refractivity contribution in [3.05, 3.63) is 12.4 Å². The van der Waals surface area contributed by atoms with Gasteiger partial charge in [-0.15, -0.1) is 0 Å². The molecular weight excluding hydrogens is 330 g/mol. The summed E-state index contributed by atoms with van der Waals surface area (Å²) < 4.78 is 28.3. The fourth-order valence-electron chi connectivity index (χ4n) is 3.11. The Morgan fingerprint density at radius 3 is 2.62 bits per heavy atom. The molecule has 1 amide bonds. The zero-order valence-corrected chi connectivity index (χ0v) is 15.1. The van der Waals surface area contributed by atoms with Crippen molar-refractivity contribution >= 4 is 15.9 Å². The van der Waals surface area contributed by atoms with Crippen LogP contribution in [0, 0.1) is 5.92 Å². The number of aryl methyl sites for hydroxylation is 1. The van der Waals surface area contributed by atoms with Crippen LogP contribution in [0.2, 0.25) is 0 Å². The largest absolute Gasteiger partial charge is 0.350 e. The minimum Gasteiger partial charge on any atom is -0.350 e. The van der Waals surface area contributed by atoms with Crippen molar-refractivity contribution in [2.24, 2.45) is 18.7 Å². The Morgan fingerprint density at radius 1 is 1.42 bits per heavy atom. The average molecular weight is 357 g/mol. The molecule has 8 nitrogen and oxygen atoms in total. The van der Waals surface area contributed by atoms with Crippen molar-refractivity contribution in [3.63, 3.8) is 0 Å². The van der Waals surface area contributed by atoms with Gasteiger partial charge in [-0.3, -0.25) is 9.48 Å². The molecule has 0 radical (unpaired) electrons. The summed E-state index contributed by atoms with van der Waals surface area (Å²) in [6.07, 6.45) is 8.27. The van der Waals surface area contributed by atoms with Crippen LogP contribution in [-0.4, -0.2) is 42.7 Å². The van der Waals surface area contributed by atoms with Crippen LogP contribution in [0.15, 0.2) is 17.3 Å². The number of carbonyl (C=O) groups excluding carboxylic acids is 1. The topological polar surface area (TPSA) is 119 Å². The van der Waals surface area contributed by atoms with Crippen LogP contribution in [0.5, 0.6) is 0 Å². The number of hydrogen-bond donors (Lipinski definition) is 3. The molecule has 1 saturated carbocycles. The summed E-state index contributed by atoms with van der Waals surface area (Å²) in [7, 11) is -2.15. The SMILES string of the molecule is CC(NS(=O)(=O)c1cnn(C)c1)C(=O)NC(CN)C1CCCCC1. The second-order valence-electron chi connectivity index (χ2n) is 6.44. The number of aromatic nitrogens is 2. The normalized spacial score (nSPS) is 19.0. The van der Waals surface area contributed by atoms with E-state index in [0.29, 0.717) is 12.5 Å². The lowest BCUT2D eigenvalue weighted by atomic mass is 9.84. The van der Waals surface area contributed by atoms with Crippen LogP contribution in [0.25, 0.3) is 0 Å². The van der Waals surface area contributed by atoms with Crippen LogP contribution < -0.4 is 15.8 Å². The highest BCUT2D eigenvalue weighted by Crippen LogP contribution is 2.26. The van der Waals surface area contributed by atoms with Crippen molar-refractivity contribution in [2.45, 2.75) is 56.0 Å². The fraction of sp³-hybridized carbons (Fsp3) is 0.733. The highest BCUT2D eigenvalue weighted by atomic mass is 32.2. The molecule has 1 aliphatic rings. The molecular formula is C15H27N5O3S. The van der Waals surface area contributed by atoms with E-state index in [9.17, 15) is 13.2 Å². The smallest absolute Gasteiger partial charge is 0.244 e. The molecule has 1 aromatic heterocycles. The Hall–Kier alpha value is -1.45. The van der Waals surface area contributed by atoms with E-state index in [1.165, 1.54) is 30.4 Å². The number of nitrogens with two attached hydrogens (primary N) is 1. The van der Waals surface area contributed by atoms with Crippen LogP contribution in [0.3, 0.4) is 0 Å². The molecule has 0 bridgehead atoms. The third-order valence-electron chi connectivity index (χ3n) is 4.52. The molecule has 2 atom stereocenters. The van der Waals surface area contributed by atoms with Crippen molar-refractivity contribution in [1.82, 2.24) is 19.8 Å². The Bertz CT molecular complexity index is 652. The summed E-state index contributed by atoms with van der Waals surface area (Å²) in [5.41, 5.74) is 5.81. The molecule has 0 aliphatic heterocycles. The number of nitrogens with one attached hydrogen (secondary N) is 2. The summed E-state index contributed by atoms with van der Waals surface area (Å²) in [5, 5.41) is 6.74. The van der Waals surface area contributed by atoms with Gasteiger partial charge in [0, 0.05) is 25.8 Å². The van der Waals surface area contributed by atoms with Crippen LogP contribution in [-0.2, 0) is 21.9 Å². The van der Waals surface area contributed by atoms with E-state index in [-0.39, 0.29) is 16.8 Å². The van der Waals surface area contributed by atoms with E-state index in [0.717, 1.165) is 25.7 Å². The highest BCUT2D eigenvalue weighted by molar-refractivity contribution is 7.89. The van der Waals surface area contributed by atoms with Crippen LogP contribution in [0.4, 0.5) is 0 Å². The first-order valence-electron chi connectivity index (χ1n) is 8.35. The minimum absolute atomic E-state index is 0.0345. The predicted octanol–water partition coefficient (Wildman–Crippen LogP) is 0.111. The minimum atomic E-state index is -3.78. The van der Waals surface area contributed by atoms with Gasteiger partial charge in [0.1, 0.15) is 4.90 Å². The number of hydrogen-bond acceptors (Lipinski definition) is 5. The van der Waals surface area contributed by atoms with Gasteiger partial charge in [0.25, 0.3) is 0 Å². The standard InChI is InChI=1S/C15H27N5O3S/c1-11(19-24(22,23)13-9-17-20(2)10-13)15(21)18-14(8-16)12-6-4-3-5-7-12/h9-12,14,19H,3-8,16H2,1-2H3,(H,18,21). The van der Waals surface area contributed by atoms with Gasteiger partial charge in [0.05, 0.1) is 12.2 Å². The lowest BCUT2D eigenvalue weighted by Crippen LogP contribution is -2.52. The highest BCUT2D eigenvalue weighted by Gasteiger charge is 2.28. The van der Waals surface area contributed by atoms with E-state index in [1.54, 1.807) is 7.05 Å². The summed E-state index contributed by atoms with van der Waals surface area (Å²) >= 11 is 0. The second-order valence-corrected chi connectivity index (χ2v) is 8.16. The number of amides is 1. The van der Waals surface area contributed by atoms with Crippen molar-refractivity contribution in [1.29, 1.82) is 0 Å². The first-order valence-corrected chi connectivity index (χ1v) is 9.83. The number of carbonyl (C=O) groups is 1. The number of sulfonamides is 1. The third kappa shape index (κ3) is 4.78. The van der Waals surface area contributed by atoms with E-state index in [1.807, 2.05) is 0 Å².